The fraction of sp³-hybridized carbons (Fsp3) is 0.923. The van der Waals surface area contributed by atoms with Gasteiger partial charge in [-0.05, 0) is 32.6 Å². The van der Waals surface area contributed by atoms with Crippen LogP contribution in [0, 0.1) is 5.92 Å². The quantitative estimate of drug-likeness (QED) is 0.746. The first-order valence-corrected chi connectivity index (χ1v) is 8.80. The molecule has 6 heteroatoms. The van der Waals surface area contributed by atoms with Gasteiger partial charge in [-0.3, -0.25) is 4.79 Å². The lowest BCUT2D eigenvalue weighted by atomic mass is 9.82. The van der Waals surface area contributed by atoms with Crippen molar-refractivity contribution in [3.8, 4) is 0 Å². The van der Waals surface area contributed by atoms with Crippen LogP contribution in [0.25, 0.3) is 0 Å². The summed E-state index contributed by atoms with van der Waals surface area (Å²) in [7, 11) is -3.38. The largest absolute Gasteiger partial charge is 0.466 e. The Balaban J connectivity index is 3.08. The summed E-state index contributed by atoms with van der Waals surface area (Å²) in [6.45, 7) is 3.84. The first kappa shape index (κ1) is 16.4. The van der Waals surface area contributed by atoms with E-state index in [0.717, 1.165) is 6.26 Å². The van der Waals surface area contributed by atoms with Crippen molar-refractivity contribution in [3.63, 3.8) is 0 Å². The van der Waals surface area contributed by atoms with E-state index in [1.807, 2.05) is 6.92 Å². The van der Waals surface area contributed by atoms with E-state index < -0.39 is 32.6 Å². The van der Waals surface area contributed by atoms with Gasteiger partial charge in [0.05, 0.1) is 23.4 Å². The maximum Gasteiger partial charge on any atom is 0.311 e. The van der Waals surface area contributed by atoms with Gasteiger partial charge >= 0.3 is 5.97 Å². The van der Waals surface area contributed by atoms with Crippen LogP contribution in [0.5, 0.6) is 0 Å². The molecule has 0 amide bonds. The summed E-state index contributed by atoms with van der Waals surface area (Å²) in [5, 5.41) is 9.93. The fourth-order valence-electron chi connectivity index (χ4n) is 3.07. The average molecular weight is 292 g/mol. The van der Waals surface area contributed by atoms with E-state index in [9.17, 15) is 18.3 Å². The zero-order chi connectivity index (χ0) is 14.7. The van der Waals surface area contributed by atoms with Crippen LogP contribution >= 0.6 is 0 Å². The second-order valence-electron chi connectivity index (χ2n) is 5.29. The number of hydrogen-bond acceptors (Lipinski definition) is 5. The number of carbonyl (C=O) groups is 1. The summed E-state index contributed by atoms with van der Waals surface area (Å²) < 4.78 is 28.7. The molecule has 0 bridgehead atoms. The number of hydrogen-bond donors (Lipinski definition) is 1. The molecule has 1 rings (SSSR count). The molecule has 112 valence electrons. The van der Waals surface area contributed by atoms with Crippen LogP contribution in [0.3, 0.4) is 0 Å². The Labute approximate surface area is 115 Å². The van der Waals surface area contributed by atoms with Crippen molar-refractivity contribution < 1.29 is 23.1 Å². The maximum atomic E-state index is 12.0. The minimum absolute atomic E-state index is 0.235. The van der Waals surface area contributed by atoms with Crippen LogP contribution in [0.4, 0.5) is 0 Å². The third-order valence-corrected chi connectivity index (χ3v) is 5.55. The topological polar surface area (TPSA) is 80.7 Å². The Kier molecular flexibility index (Phi) is 5.38. The van der Waals surface area contributed by atoms with Crippen molar-refractivity contribution in [2.24, 2.45) is 5.92 Å². The third kappa shape index (κ3) is 3.48. The SMILES string of the molecule is CCCC(C(=O)OCC)C1(O)CCCC1S(C)(=O)=O. The highest BCUT2D eigenvalue weighted by atomic mass is 32.2. The molecule has 3 unspecified atom stereocenters. The van der Waals surface area contributed by atoms with E-state index in [1.54, 1.807) is 6.92 Å². The summed E-state index contributed by atoms with van der Waals surface area (Å²) in [6, 6.07) is 0. The van der Waals surface area contributed by atoms with Gasteiger partial charge in [-0.25, -0.2) is 8.42 Å². The summed E-state index contributed by atoms with van der Waals surface area (Å²) in [5.74, 6) is -1.23. The molecule has 1 saturated carbocycles. The van der Waals surface area contributed by atoms with Crippen LogP contribution in [-0.4, -0.2) is 43.2 Å². The Morgan fingerprint density at radius 3 is 2.58 bits per heavy atom. The molecule has 0 aromatic carbocycles. The van der Waals surface area contributed by atoms with Crippen LogP contribution in [0.1, 0.15) is 46.0 Å². The lowest BCUT2D eigenvalue weighted by Crippen LogP contribution is -2.51. The average Bonchev–Trinajstić information content (AvgIpc) is 2.69. The first-order valence-electron chi connectivity index (χ1n) is 6.85. The zero-order valence-electron chi connectivity index (χ0n) is 11.9. The summed E-state index contributed by atoms with van der Waals surface area (Å²) in [5.41, 5.74) is -1.48. The molecule has 1 fully saturated rings. The van der Waals surface area contributed by atoms with Crippen molar-refractivity contribution in [2.45, 2.75) is 56.8 Å². The van der Waals surface area contributed by atoms with E-state index in [0.29, 0.717) is 32.1 Å². The molecule has 0 aromatic heterocycles. The van der Waals surface area contributed by atoms with Crippen LogP contribution < -0.4 is 0 Å². The number of rotatable bonds is 6. The molecule has 3 atom stereocenters. The van der Waals surface area contributed by atoms with Gasteiger partial charge in [0.2, 0.25) is 0 Å². The van der Waals surface area contributed by atoms with E-state index >= 15 is 0 Å². The van der Waals surface area contributed by atoms with Crippen molar-refractivity contribution in [1.82, 2.24) is 0 Å². The van der Waals surface area contributed by atoms with Crippen LogP contribution in [0.2, 0.25) is 0 Å². The number of sulfone groups is 1. The highest BCUT2D eigenvalue weighted by molar-refractivity contribution is 7.91. The maximum absolute atomic E-state index is 12.0. The molecule has 0 aliphatic heterocycles. The van der Waals surface area contributed by atoms with E-state index in [1.165, 1.54) is 0 Å². The van der Waals surface area contributed by atoms with Gasteiger partial charge in [-0.15, -0.1) is 0 Å². The Morgan fingerprint density at radius 1 is 1.47 bits per heavy atom. The number of esters is 1. The van der Waals surface area contributed by atoms with E-state index in [-0.39, 0.29) is 6.61 Å². The minimum atomic E-state index is -3.38. The monoisotopic (exact) mass is 292 g/mol. The highest BCUT2D eigenvalue weighted by Gasteiger charge is 2.54. The Morgan fingerprint density at radius 2 is 2.11 bits per heavy atom. The summed E-state index contributed by atoms with van der Waals surface area (Å²) >= 11 is 0. The van der Waals surface area contributed by atoms with Crippen molar-refractivity contribution in [3.05, 3.63) is 0 Å². The van der Waals surface area contributed by atoms with Gasteiger partial charge in [-0.2, -0.15) is 0 Å². The van der Waals surface area contributed by atoms with E-state index in [4.69, 9.17) is 4.74 Å². The predicted octanol–water partition coefficient (Wildman–Crippen LogP) is 1.29. The summed E-state index contributed by atoms with van der Waals surface area (Å²) in [4.78, 5) is 12.0. The molecule has 0 heterocycles. The zero-order valence-corrected chi connectivity index (χ0v) is 12.7. The number of ether oxygens (including phenoxy) is 1. The van der Waals surface area contributed by atoms with Crippen molar-refractivity contribution in [1.29, 1.82) is 0 Å². The molecule has 0 saturated heterocycles. The third-order valence-electron chi connectivity index (χ3n) is 3.87. The molecule has 0 aromatic rings. The van der Waals surface area contributed by atoms with Gasteiger partial charge in [0.15, 0.2) is 9.84 Å². The predicted molar refractivity (Wildman–Crippen MR) is 72.5 cm³/mol. The Bertz CT molecular complexity index is 417. The van der Waals surface area contributed by atoms with Crippen LogP contribution in [-0.2, 0) is 19.4 Å². The second kappa shape index (κ2) is 6.22. The normalized spacial score (nSPS) is 29.2. The molecule has 1 aliphatic carbocycles. The number of carbonyl (C=O) groups excluding carboxylic acids is 1. The lowest BCUT2D eigenvalue weighted by molar-refractivity contribution is -0.158. The summed E-state index contributed by atoms with van der Waals surface area (Å²) in [6.07, 6.45) is 3.64. The van der Waals surface area contributed by atoms with Gasteiger partial charge in [0, 0.05) is 6.26 Å². The van der Waals surface area contributed by atoms with Crippen molar-refractivity contribution in [2.75, 3.05) is 12.9 Å². The first-order chi connectivity index (χ1) is 8.77. The smallest absolute Gasteiger partial charge is 0.311 e. The standard InChI is InChI=1S/C13H24O5S/c1-4-7-10(12(14)18-5-2)13(15)9-6-8-11(13)19(3,16)17/h10-11,15H,4-9H2,1-3H3. The van der Waals surface area contributed by atoms with Crippen LogP contribution in [0.15, 0.2) is 0 Å². The molecule has 1 N–H and O–H groups in total. The minimum Gasteiger partial charge on any atom is -0.466 e. The second-order valence-corrected chi connectivity index (χ2v) is 7.52. The molecular formula is C13H24O5S. The Hall–Kier alpha value is -0.620. The molecule has 0 spiro atoms. The fourth-order valence-corrected chi connectivity index (χ4v) is 4.69. The molecule has 5 nitrogen and oxygen atoms in total. The molecule has 0 radical (unpaired) electrons. The number of aliphatic hydroxyl groups is 1. The van der Waals surface area contributed by atoms with E-state index in [2.05, 4.69) is 0 Å². The highest BCUT2D eigenvalue weighted by Crippen LogP contribution is 2.42. The van der Waals surface area contributed by atoms with Gasteiger partial charge in [-0.1, -0.05) is 13.3 Å². The van der Waals surface area contributed by atoms with Gasteiger partial charge < -0.3 is 9.84 Å². The molecule has 19 heavy (non-hydrogen) atoms. The van der Waals surface area contributed by atoms with Gasteiger partial charge in [0.25, 0.3) is 0 Å². The lowest BCUT2D eigenvalue weighted by Gasteiger charge is -2.35. The van der Waals surface area contributed by atoms with Crippen molar-refractivity contribution >= 4 is 15.8 Å². The van der Waals surface area contributed by atoms with Gasteiger partial charge in [0.1, 0.15) is 0 Å². The molecule has 1 aliphatic rings. The molecular weight excluding hydrogens is 268 g/mol.